The van der Waals surface area contributed by atoms with Crippen LogP contribution < -0.4 is 5.32 Å². The highest BCUT2D eigenvalue weighted by atomic mass is 32.1. The molecular weight excluding hydrogens is 282 g/mol. The van der Waals surface area contributed by atoms with Crippen molar-refractivity contribution in [2.45, 2.75) is 65.0 Å². The maximum atomic E-state index is 11.1. The second-order valence-corrected chi connectivity index (χ2v) is 8.23. The normalized spacial score (nSPS) is 24.7. The van der Waals surface area contributed by atoms with Crippen LogP contribution >= 0.6 is 11.3 Å². The van der Waals surface area contributed by atoms with E-state index in [4.69, 9.17) is 5.11 Å². The van der Waals surface area contributed by atoms with E-state index in [2.05, 4.69) is 26.1 Å². The Labute approximate surface area is 131 Å². The summed E-state index contributed by atoms with van der Waals surface area (Å²) in [6, 6.07) is 4.44. The highest BCUT2D eigenvalue weighted by Crippen LogP contribution is 2.38. The van der Waals surface area contributed by atoms with E-state index in [1.54, 1.807) is 11.3 Å². The Morgan fingerprint density at radius 1 is 1.38 bits per heavy atom. The molecular formula is C17H27NO2S. The smallest absolute Gasteiger partial charge is 0.305 e. The van der Waals surface area contributed by atoms with E-state index in [0.717, 1.165) is 23.6 Å². The van der Waals surface area contributed by atoms with Crippen LogP contribution in [-0.2, 0) is 4.79 Å². The predicted octanol–water partition coefficient (Wildman–Crippen LogP) is 4.46. The minimum atomic E-state index is -0.732. The first-order valence-electron chi connectivity index (χ1n) is 7.87. The molecule has 4 heteroatoms. The fraction of sp³-hybridized carbons (Fsp3) is 0.706. The van der Waals surface area contributed by atoms with Crippen LogP contribution in [0.25, 0.3) is 0 Å². The number of carboxylic acid groups (broad SMARTS) is 1. The summed E-state index contributed by atoms with van der Waals surface area (Å²) < 4.78 is 0. The van der Waals surface area contributed by atoms with E-state index in [-0.39, 0.29) is 12.5 Å². The van der Waals surface area contributed by atoms with Crippen molar-refractivity contribution in [2.75, 3.05) is 0 Å². The van der Waals surface area contributed by atoms with Gasteiger partial charge in [0.1, 0.15) is 0 Å². The van der Waals surface area contributed by atoms with Crippen molar-refractivity contribution in [1.82, 2.24) is 5.32 Å². The number of carbonyl (C=O) groups is 1. The molecule has 1 aromatic rings. The lowest BCUT2D eigenvalue weighted by molar-refractivity contribution is -0.137. The number of hydrogen-bond donors (Lipinski definition) is 2. The van der Waals surface area contributed by atoms with Gasteiger partial charge in [0.25, 0.3) is 0 Å². The molecule has 0 aliphatic heterocycles. The summed E-state index contributed by atoms with van der Waals surface area (Å²) in [6.07, 6.45) is 4.96. The molecule has 1 aromatic heterocycles. The minimum absolute atomic E-state index is 0.0429. The lowest BCUT2D eigenvalue weighted by Crippen LogP contribution is -2.38. The van der Waals surface area contributed by atoms with Gasteiger partial charge in [0.05, 0.1) is 12.5 Å². The first-order valence-corrected chi connectivity index (χ1v) is 8.75. The molecule has 21 heavy (non-hydrogen) atoms. The average Bonchev–Trinajstić information content (AvgIpc) is 2.90. The lowest BCUT2D eigenvalue weighted by Gasteiger charge is -2.38. The van der Waals surface area contributed by atoms with E-state index in [1.807, 2.05) is 17.5 Å². The van der Waals surface area contributed by atoms with Gasteiger partial charge in [-0.05, 0) is 48.5 Å². The molecule has 3 nitrogen and oxygen atoms in total. The summed E-state index contributed by atoms with van der Waals surface area (Å²) in [5.74, 6) is 0.0551. The lowest BCUT2D eigenvalue weighted by atomic mass is 9.71. The molecule has 1 atom stereocenters. The molecule has 1 unspecified atom stereocenters. The third-order valence-electron chi connectivity index (χ3n) is 4.65. The fourth-order valence-corrected chi connectivity index (χ4v) is 4.10. The number of thiophene rings is 1. The van der Waals surface area contributed by atoms with Crippen LogP contribution in [0.4, 0.5) is 0 Å². The van der Waals surface area contributed by atoms with Gasteiger partial charge < -0.3 is 10.4 Å². The Morgan fingerprint density at radius 3 is 2.52 bits per heavy atom. The van der Waals surface area contributed by atoms with Crippen molar-refractivity contribution in [3.05, 3.63) is 22.4 Å². The van der Waals surface area contributed by atoms with Gasteiger partial charge in [-0.15, -0.1) is 11.3 Å². The summed E-state index contributed by atoms with van der Waals surface area (Å²) in [6.45, 7) is 6.97. The molecule has 2 N–H and O–H groups in total. The number of nitrogens with one attached hydrogen (secondary N) is 1. The van der Waals surface area contributed by atoms with Gasteiger partial charge in [0, 0.05) is 10.9 Å². The molecule has 1 heterocycles. The van der Waals surface area contributed by atoms with E-state index in [9.17, 15) is 4.79 Å². The van der Waals surface area contributed by atoms with Crippen molar-refractivity contribution in [3.63, 3.8) is 0 Å². The zero-order chi connectivity index (χ0) is 15.5. The summed E-state index contributed by atoms with van der Waals surface area (Å²) in [5.41, 5.74) is 0.388. The van der Waals surface area contributed by atoms with Gasteiger partial charge in [0.2, 0.25) is 0 Å². The quantitative estimate of drug-likeness (QED) is 0.844. The maximum absolute atomic E-state index is 11.1. The third-order valence-corrected chi connectivity index (χ3v) is 5.64. The summed E-state index contributed by atoms with van der Waals surface area (Å²) >= 11 is 1.64. The van der Waals surface area contributed by atoms with Crippen molar-refractivity contribution in [2.24, 2.45) is 11.3 Å². The topological polar surface area (TPSA) is 49.3 Å². The molecule has 1 aliphatic carbocycles. The standard InChI is InChI=1S/C17H27NO2S/c1-17(2,3)12-6-8-13(9-7-12)18-14(11-16(19)20)15-5-4-10-21-15/h4-5,10,12-14,18H,6-9,11H2,1-3H3,(H,19,20). The highest BCUT2D eigenvalue weighted by Gasteiger charge is 2.31. The number of rotatable bonds is 5. The Morgan fingerprint density at radius 2 is 2.05 bits per heavy atom. The van der Waals surface area contributed by atoms with Crippen molar-refractivity contribution in [3.8, 4) is 0 Å². The van der Waals surface area contributed by atoms with Crippen LogP contribution in [0.5, 0.6) is 0 Å². The van der Waals surface area contributed by atoms with Crippen LogP contribution in [0.15, 0.2) is 17.5 Å². The molecule has 118 valence electrons. The second-order valence-electron chi connectivity index (χ2n) is 7.25. The summed E-state index contributed by atoms with van der Waals surface area (Å²) in [4.78, 5) is 12.2. The predicted molar refractivity (Wildman–Crippen MR) is 87.6 cm³/mol. The zero-order valence-electron chi connectivity index (χ0n) is 13.3. The summed E-state index contributed by atoms with van der Waals surface area (Å²) in [5, 5.41) is 14.7. The van der Waals surface area contributed by atoms with Gasteiger partial charge >= 0.3 is 5.97 Å². The third kappa shape index (κ3) is 4.82. The monoisotopic (exact) mass is 309 g/mol. The molecule has 0 amide bonds. The molecule has 0 bridgehead atoms. The first-order chi connectivity index (χ1) is 9.86. The molecule has 0 radical (unpaired) electrons. The van der Waals surface area contributed by atoms with Crippen molar-refractivity contribution in [1.29, 1.82) is 0 Å². The van der Waals surface area contributed by atoms with Gasteiger partial charge in [-0.25, -0.2) is 0 Å². The Bertz CT molecular complexity index is 442. The maximum Gasteiger partial charge on any atom is 0.305 e. The van der Waals surface area contributed by atoms with Gasteiger partial charge in [-0.2, -0.15) is 0 Å². The molecule has 1 saturated carbocycles. The number of hydrogen-bond acceptors (Lipinski definition) is 3. The van der Waals surface area contributed by atoms with Gasteiger partial charge in [0.15, 0.2) is 0 Å². The number of aliphatic carboxylic acids is 1. The van der Waals surface area contributed by atoms with E-state index >= 15 is 0 Å². The van der Waals surface area contributed by atoms with E-state index < -0.39 is 5.97 Å². The first kappa shape index (κ1) is 16.5. The largest absolute Gasteiger partial charge is 0.481 e. The van der Waals surface area contributed by atoms with Crippen molar-refractivity contribution >= 4 is 17.3 Å². The van der Waals surface area contributed by atoms with Crippen LogP contribution in [0.1, 0.15) is 63.8 Å². The SMILES string of the molecule is CC(C)(C)C1CCC(NC(CC(=O)O)c2cccs2)CC1. The van der Waals surface area contributed by atoms with Crippen molar-refractivity contribution < 1.29 is 9.90 Å². The Kier molecular flexibility index (Phi) is 5.44. The molecule has 1 aliphatic rings. The number of carboxylic acids is 1. The van der Waals surface area contributed by atoms with Gasteiger partial charge in [-0.1, -0.05) is 26.8 Å². The Hall–Kier alpha value is -0.870. The molecule has 0 aromatic carbocycles. The van der Waals surface area contributed by atoms with Crippen LogP contribution in [0.2, 0.25) is 0 Å². The van der Waals surface area contributed by atoms with E-state index in [0.29, 0.717) is 11.5 Å². The summed E-state index contributed by atoms with van der Waals surface area (Å²) in [7, 11) is 0. The second kappa shape index (κ2) is 6.93. The molecule has 1 fully saturated rings. The average molecular weight is 309 g/mol. The van der Waals surface area contributed by atoms with Crippen LogP contribution in [0.3, 0.4) is 0 Å². The van der Waals surface area contributed by atoms with Gasteiger partial charge in [-0.3, -0.25) is 4.79 Å². The Balaban J connectivity index is 1.92. The zero-order valence-corrected chi connectivity index (χ0v) is 14.1. The van der Waals surface area contributed by atoms with Crippen LogP contribution in [-0.4, -0.2) is 17.1 Å². The minimum Gasteiger partial charge on any atom is -0.481 e. The molecule has 0 saturated heterocycles. The fourth-order valence-electron chi connectivity index (χ4n) is 3.32. The molecule has 2 rings (SSSR count). The molecule has 0 spiro atoms. The van der Waals surface area contributed by atoms with E-state index in [1.165, 1.54) is 12.8 Å². The van der Waals surface area contributed by atoms with Crippen LogP contribution in [0, 0.1) is 11.3 Å². The highest BCUT2D eigenvalue weighted by molar-refractivity contribution is 7.10.